The van der Waals surface area contributed by atoms with Crippen molar-refractivity contribution >= 4 is 23.2 Å². The lowest BCUT2D eigenvalue weighted by atomic mass is 10.1. The summed E-state index contributed by atoms with van der Waals surface area (Å²) in [4.78, 5) is 11.7. The molecule has 1 amide bonds. The molecule has 0 aromatic heterocycles. The zero-order valence-electron chi connectivity index (χ0n) is 9.86. The average molecular weight is 280 g/mol. The van der Waals surface area contributed by atoms with Gasteiger partial charge in [0, 0.05) is 5.02 Å². The van der Waals surface area contributed by atoms with E-state index < -0.39 is 11.7 Å². The van der Waals surface area contributed by atoms with Gasteiger partial charge in [0.1, 0.15) is 11.6 Å². The summed E-state index contributed by atoms with van der Waals surface area (Å²) in [7, 11) is 0. The van der Waals surface area contributed by atoms with Crippen molar-refractivity contribution in [2.24, 2.45) is 0 Å². The highest BCUT2D eigenvalue weighted by Gasteiger charge is 2.10. The molecule has 0 aliphatic rings. The van der Waals surface area contributed by atoms with Crippen molar-refractivity contribution in [1.29, 1.82) is 0 Å². The van der Waals surface area contributed by atoms with Gasteiger partial charge in [-0.25, -0.2) is 4.39 Å². The third-order valence-corrected chi connectivity index (χ3v) is 2.78. The number of phenolic OH excluding ortho intramolecular Hbond substituents is 1. The summed E-state index contributed by atoms with van der Waals surface area (Å²) in [6, 6.07) is 10.5. The fourth-order valence-corrected chi connectivity index (χ4v) is 1.77. The monoisotopic (exact) mass is 279 g/mol. The maximum Gasteiger partial charge on any atom is 0.229 e. The summed E-state index contributed by atoms with van der Waals surface area (Å²) in [5.41, 5.74) is 0.541. The molecule has 19 heavy (non-hydrogen) atoms. The normalized spacial score (nSPS) is 10.2. The summed E-state index contributed by atoms with van der Waals surface area (Å²) >= 11 is 5.63. The zero-order chi connectivity index (χ0) is 13.8. The van der Waals surface area contributed by atoms with Gasteiger partial charge in [0.2, 0.25) is 5.91 Å². The molecule has 0 unspecified atom stereocenters. The highest BCUT2D eigenvalue weighted by molar-refractivity contribution is 6.30. The van der Waals surface area contributed by atoms with Gasteiger partial charge in [0.15, 0.2) is 0 Å². The lowest BCUT2D eigenvalue weighted by molar-refractivity contribution is -0.115. The minimum Gasteiger partial charge on any atom is -0.506 e. The Morgan fingerprint density at radius 2 is 2.00 bits per heavy atom. The number of para-hydroxylation sites is 2. The first-order valence-corrected chi connectivity index (χ1v) is 5.96. The molecule has 0 aliphatic heterocycles. The van der Waals surface area contributed by atoms with E-state index in [4.69, 9.17) is 11.6 Å². The molecule has 0 aliphatic carbocycles. The van der Waals surface area contributed by atoms with Crippen LogP contribution in [0.3, 0.4) is 0 Å². The SMILES string of the molecule is O=C(Cc1ccc(Cl)cc1F)Nc1ccccc1O. The smallest absolute Gasteiger partial charge is 0.229 e. The number of phenols is 1. The lowest BCUT2D eigenvalue weighted by Crippen LogP contribution is -2.15. The average Bonchev–Trinajstić information content (AvgIpc) is 2.36. The number of rotatable bonds is 3. The molecule has 98 valence electrons. The summed E-state index contributed by atoms with van der Waals surface area (Å²) in [6.45, 7) is 0. The van der Waals surface area contributed by atoms with Gasteiger partial charge in [0.05, 0.1) is 12.1 Å². The van der Waals surface area contributed by atoms with Crippen LogP contribution in [0.25, 0.3) is 0 Å². The molecular weight excluding hydrogens is 269 g/mol. The number of nitrogens with one attached hydrogen (secondary N) is 1. The van der Waals surface area contributed by atoms with E-state index in [1.807, 2.05) is 0 Å². The molecule has 0 spiro atoms. The Morgan fingerprint density at radius 3 is 2.68 bits per heavy atom. The number of hydrogen-bond acceptors (Lipinski definition) is 2. The van der Waals surface area contributed by atoms with Crippen LogP contribution in [0.2, 0.25) is 5.02 Å². The van der Waals surface area contributed by atoms with E-state index in [9.17, 15) is 14.3 Å². The summed E-state index contributed by atoms with van der Waals surface area (Å²) in [5, 5.41) is 12.3. The van der Waals surface area contributed by atoms with Gasteiger partial charge in [-0.05, 0) is 29.8 Å². The Balaban J connectivity index is 2.08. The van der Waals surface area contributed by atoms with E-state index in [1.54, 1.807) is 18.2 Å². The molecule has 2 aromatic carbocycles. The van der Waals surface area contributed by atoms with Crippen molar-refractivity contribution < 1.29 is 14.3 Å². The number of carbonyl (C=O) groups excluding carboxylic acids is 1. The molecule has 0 atom stereocenters. The summed E-state index contributed by atoms with van der Waals surface area (Å²) < 4.78 is 13.5. The number of benzene rings is 2. The molecule has 2 rings (SSSR count). The van der Waals surface area contributed by atoms with Crippen molar-refractivity contribution in [3.05, 3.63) is 58.9 Å². The fraction of sp³-hybridized carbons (Fsp3) is 0.0714. The molecule has 0 heterocycles. The Labute approximate surface area is 114 Å². The summed E-state index contributed by atoms with van der Waals surface area (Å²) in [6.07, 6.45) is -0.128. The van der Waals surface area contributed by atoms with E-state index >= 15 is 0 Å². The second kappa shape index (κ2) is 5.71. The first-order chi connectivity index (χ1) is 9.06. The van der Waals surface area contributed by atoms with E-state index in [2.05, 4.69) is 5.32 Å². The van der Waals surface area contributed by atoms with Crippen LogP contribution >= 0.6 is 11.6 Å². The summed E-state index contributed by atoms with van der Waals surface area (Å²) in [5.74, 6) is -0.977. The van der Waals surface area contributed by atoms with Crippen LogP contribution in [0.15, 0.2) is 42.5 Å². The Bertz CT molecular complexity index is 616. The van der Waals surface area contributed by atoms with Crippen LogP contribution in [0.4, 0.5) is 10.1 Å². The number of anilines is 1. The highest BCUT2D eigenvalue weighted by Crippen LogP contribution is 2.22. The predicted octanol–water partition coefficient (Wildman–Crippen LogP) is 3.37. The van der Waals surface area contributed by atoms with Gasteiger partial charge < -0.3 is 10.4 Å². The van der Waals surface area contributed by atoms with E-state index in [-0.39, 0.29) is 22.8 Å². The second-order valence-electron chi connectivity index (χ2n) is 3.98. The molecule has 0 saturated heterocycles. The van der Waals surface area contributed by atoms with Gasteiger partial charge in [0.25, 0.3) is 0 Å². The van der Waals surface area contributed by atoms with Crippen molar-refractivity contribution in [1.82, 2.24) is 0 Å². The van der Waals surface area contributed by atoms with Crippen LogP contribution in [0.5, 0.6) is 5.75 Å². The number of amides is 1. The molecular formula is C14H11ClFNO2. The molecule has 5 heteroatoms. The van der Waals surface area contributed by atoms with Crippen molar-refractivity contribution in [2.75, 3.05) is 5.32 Å². The van der Waals surface area contributed by atoms with Gasteiger partial charge in [-0.3, -0.25) is 4.79 Å². The number of halogens is 2. The van der Waals surface area contributed by atoms with Gasteiger partial charge >= 0.3 is 0 Å². The maximum absolute atomic E-state index is 13.5. The Hall–Kier alpha value is -2.07. The second-order valence-corrected chi connectivity index (χ2v) is 4.41. The first-order valence-electron chi connectivity index (χ1n) is 5.58. The third kappa shape index (κ3) is 3.45. The minimum atomic E-state index is -0.528. The standard InChI is InChI=1S/C14H11ClFNO2/c15-10-6-5-9(11(16)8-10)7-14(19)17-12-3-1-2-4-13(12)18/h1-6,8,18H,7H2,(H,17,19). The Morgan fingerprint density at radius 1 is 1.26 bits per heavy atom. The largest absolute Gasteiger partial charge is 0.506 e. The van der Waals surface area contributed by atoms with Crippen molar-refractivity contribution in [3.8, 4) is 5.75 Å². The molecule has 2 aromatic rings. The quantitative estimate of drug-likeness (QED) is 0.847. The van der Waals surface area contributed by atoms with Crippen LogP contribution in [0, 0.1) is 5.82 Å². The third-order valence-electron chi connectivity index (χ3n) is 2.54. The maximum atomic E-state index is 13.5. The highest BCUT2D eigenvalue weighted by atomic mass is 35.5. The molecule has 0 saturated carbocycles. The van der Waals surface area contributed by atoms with Gasteiger partial charge in [-0.1, -0.05) is 29.8 Å². The first kappa shape index (κ1) is 13.4. The van der Waals surface area contributed by atoms with E-state index in [0.29, 0.717) is 5.69 Å². The minimum absolute atomic E-state index is 0.0348. The van der Waals surface area contributed by atoms with Crippen LogP contribution in [0.1, 0.15) is 5.56 Å². The fourth-order valence-electron chi connectivity index (χ4n) is 1.61. The van der Waals surface area contributed by atoms with Crippen LogP contribution < -0.4 is 5.32 Å². The van der Waals surface area contributed by atoms with Crippen molar-refractivity contribution in [2.45, 2.75) is 6.42 Å². The molecule has 2 N–H and O–H groups in total. The predicted molar refractivity (Wildman–Crippen MR) is 71.9 cm³/mol. The molecule has 0 fully saturated rings. The van der Waals surface area contributed by atoms with Gasteiger partial charge in [-0.15, -0.1) is 0 Å². The topological polar surface area (TPSA) is 49.3 Å². The molecule has 3 nitrogen and oxygen atoms in total. The molecule has 0 radical (unpaired) electrons. The zero-order valence-corrected chi connectivity index (χ0v) is 10.6. The van der Waals surface area contributed by atoms with Crippen LogP contribution in [-0.4, -0.2) is 11.0 Å². The van der Waals surface area contributed by atoms with E-state index in [0.717, 1.165) is 6.07 Å². The number of aromatic hydroxyl groups is 1. The Kier molecular flexibility index (Phi) is 4.02. The van der Waals surface area contributed by atoms with Crippen molar-refractivity contribution in [3.63, 3.8) is 0 Å². The van der Waals surface area contributed by atoms with Gasteiger partial charge in [-0.2, -0.15) is 0 Å². The van der Waals surface area contributed by atoms with E-state index in [1.165, 1.54) is 18.2 Å². The number of carbonyl (C=O) groups is 1. The lowest BCUT2D eigenvalue weighted by Gasteiger charge is -2.07. The number of hydrogen-bond donors (Lipinski definition) is 2. The van der Waals surface area contributed by atoms with Crippen LogP contribution in [-0.2, 0) is 11.2 Å². The molecule has 0 bridgehead atoms.